The van der Waals surface area contributed by atoms with Gasteiger partial charge in [0.15, 0.2) is 0 Å². The predicted octanol–water partition coefficient (Wildman–Crippen LogP) is 2.16. The summed E-state index contributed by atoms with van der Waals surface area (Å²) in [6.07, 6.45) is 1.65. The number of hydrogen-bond donors (Lipinski definition) is 2. The number of benzene rings is 2. The van der Waals surface area contributed by atoms with Crippen molar-refractivity contribution in [3.63, 3.8) is 0 Å². The van der Waals surface area contributed by atoms with Gasteiger partial charge in [0.05, 0.1) is 23.1 Å². The van der Waals surface area contributed by atoms with E-state index in [-0.39, 0.29) is 12.5 Å². The van der Waals surface area contributed by atoms with Gasteiger partial charge >= 0.3 is 0 Å². The molecular weight excluding hydrogens is 290 g/mol. The average Bonchev–Trinajstić information content (AvgIpc) is 2.96. The van der Waals surface area contributed by atoms with Gasteiger partial charge in [-0.1, -0.05) is 24.3 Å². The van der Waals surface area contributed by atoms with Gasteiger partial charge in [-0.05, 0) is 36.8 Å². The Balaban J connectivity index is 1.67. The van der Waals surface area contributed by atoms with Crippen molar-refractivity contribution in [1.82, 2.24) is 15.0 Å². The number of nitrogens with one attached hydrogen (secondary N) is 1. The minimum atomic E-state index is -0.206. The molecule has 0 aliphatic carbocycles. The second-order valence-corrected chi connectivity index (χ2v) is 5.22. The molecule has 3 N–H and O–H groups in total. The van der Waals surface area contributed by atoms with Crippen LogP contribution >= 0.6 is 0 Å². The first-order chi connectivity index (χ1) is 11.1. The van der Waals surface area contributed by atoms with Gasteiger partial charge in [0, 0.05) is 5.69 Å². The van der Waals surface area contributed by atoms with Crippen LogP contribution in [-0.2, 0) is 11.3 Å². The molecule has 0 bridgehead atoms. The van der Waals surface area contributed by atoms with Crippen molar-refractivity contribution < 1.29 is 4.79 Å². The number of carbonyl (C=O) groups excluding carboxylic acids is 1. The molecule has 6 nitrogen and oxygen atoms in total. The lowest BCUT2D eigenvalue weighted by molar-refractivity contribution is -0.121. The van der Waals surface area contributed by atoms with Crippen LogP contribution < -0.4 is 11.2 Å². The van der Waals surface area contributed by atoms with Crippen molar-refractivity contribution in [2.45, 2.75) is 13.5 Å². The van der Waals surface area contributed by atoms with Crippen molar-refractivity contribution in [3.05, 3.63) is 60.4 Å². The Morgan fingerprint density at radius 1 is 1.22 bits per heavy atom. The van der Waals surface area contributed by atoms with Gasteiger partial charge in [-0.2, -0.15) is 5.10 Å². The number of nitrogens with zero attached hydrogens (tertiary/aromatic N) is 3. The van der Waals surface area contributed by atoms with Gasteiger partial charge in [-0.25, -0.2) is 10.4 Å². The first kappa shape index (κ1) is 14.8. The SMILES string of the molecule is C/C(=N\NC(=O)Cn1cnc2ccccc21)c1ccc(N)cc1. The summed E-state index contributed by atoms with van der Waals surface area (Å²) in [5, 5.41) is 4.13. The van der Waals surface area contributed by atoms with Crippen LogP contribution in [0, 0.1) is 0 Å². The van der Waals surface area contributed by atoms with E-state index in [0.29, 0.717) is 11.4 Å². The van der Waals surface area contributed by atoms with E-state index >= 15 is 0 Å². The molecule has 0 saturated carbocycles. The average molecular weight is 307 g/mol. The Kier molecular flexibility index (Phi) is 4.05. The molecule has 0 spiro atoms. The number of aromatic nitrogens is 2. The number of hydrogen-bond acceptors (Lipinski definition) is 4. The number of hydrazone groups is 1. The van der Waals surface area contributed by atoms with Gasteiger partial charge < -0.3 is 10.3 Å². The number of nitrogens with two attached hydrogens (primary N) is 1. The van der Waals surface area contributed by atoms with Crippen molar-refractivity contribution in [2.24, 2.45) is 5.10 Å². The highest BCUT2D eigenvalue weighted by Crippen LogP contribution is 2.11. The van der Waals surface area contributed by atoms with Gasteiger partial charge in [0.1, 0.15) is 6.54 Å². The number of imidazole rings is 1. The van der Waals surface area contributed by atoms with E-state index in [1.54, 1.807) is 23.0 Å². The van der Waals surface area contributed by atoms with Crippen LogP contribution in [0.25, 0.3) is 11.0 Å². The second-order valence-electron chi connectivity index (χ2n) is 5.22. The maximum absolute atomic E-state index is 12.1. The third-order valence-electron chi connectivity index (χ3n) is 3.52. The highest BCUT2D eigenvalue weighted by Gasteiger charge is 2.06. The number of fused-ring (bicyclic) bond motifs is 1. The van der Waals surface area contributed by atoms with Crippen molar-refractivity contribution >= 4 is 28.3 Å². The van der Waals surface area contributed by atoms with Crippen molar-refractivity contribution in [3.8, 4) is 0 Å². The molecule has 0 saturated heterocycles. The molecule has 0 atom stereocenters. The molecule has 0 unspecified atom stereocenters. The lowest BCUT2D eigenvalue weighted by atomic mass is 10.1. The standard InChI is InChI=1S/C17H17N5O/c1-12(13-6-8-14(18)9-7-13)20-21-17(23)10-22-11-19-15-4-2-3-5-16(15)22/h2-9,11H,10,18H2,1H3,(H,21,23)/b20-12+. The summed E-state index contributed by atoms with van der Waals surface area (Å²) in [4.78, 5) is 16.3. The van der Waals surface area contributed by atoms with Gasteiger partial charge in [-0.3, -0.25) is 4.79 Å². The molecule has 1 aromatic heterocycles. The number of nitrogen functional groups attached to an aromatic ring is 1. The Morgan fingerprint density at radius 2 is 1.96 bits per heavy atom. The topological polar surface area (TPSA) is 85.3 Å². The van der Waals surface area contributed by atoms with E-state index in [9.17, 15) is 4.79 Å². The normalized spacial score (nSPS) is 11.6. The third-order valence-corrected chi connectivity index (χ3v) is 3.52. The lowest BCUT2D eigenvalue weighted by Crippen LogP contribution is -2.24. The minimum Gasteiger partial charge on any atom is -0.399 e. The highest BCUT2D eigenvalue weighted by atomic mass is 16.2. The van der Waals surface area contributed by atoms with Crippen molar-refractivity contribution in [1.29, 1.82) is 0 Å². The molecule has 1 heterocycles. The van der Waals surface area contributed by atoms with E-state index in [2.05, 4.69) is 15.5 Å². The molecule has 6 heteroatoms. The summed E-state index contributed by atoms with van der Waals surface area (Å²) in [6, 6.07) is 15.0. The number of para-hydroxylation sites is 2. The molecule has 23 heavy (non-hydrogen) atoms. The molecule has 3 aromatic rings. The second kappa shape index (κ2) is 6.31. The van der Waals surface area contributed by atoms with E-state index in [0.717, 1.165) is 16.6 Å². The fourth-order valence-corrected chi connectivity index (χ4v) is 2.26. The maximum atomic E-state index is 12.1. The molecule has 1 amide bonds. The first-order valence-electron chi connectivity index (χ1n) is 7.22. The molecule has 0 aliphatic heterocycles. The quantitative estimate of drug-likeness (QED) is 0.440. The zero-order valence-corrected chi connectivity index (χ0v) is 12.7. The summed E-state index contributed by atoms with van der Waals surface area (Å²) in [7, 11) is 0. The van der Waals surface area contributed by atoms with Gasteiger partial charge in [0.2, 0.25) is 0 Å². The number of amides is 1. The zero-order chi connectivity index (χ0) is 16.2. The van der Waals surface area contributed by atoms with Crippen LogP contribution in [0.2, 0.25) is 0 Å². The third kappa shape index (κ3) is 3.37. The van der Waals surface area contributed by atoms with Crippen LogP contribution in [0.3, 0.4) is 0 Å². The smallest absolute Gasteiger partial charge is 0.260 e. The Labute approximate surface area is 133 Å². The molecular formula is C17H17N5O. The summed E-state index contributed by atoms with van der Waals surface area (Å²) in [6.45, 7) is 2.00. The molecule has 0 aliphatic rings. The molecule has 0 fully saturated rings. The van der Waals surface area contributed by atoms with Crippen LogP contribution in [0.5, 0.6) is 0 Å². The molecule has 0 radical (unpaired) electrons. The number of anilines is 1. The van der Waals surface area contributed by atoms with Crippen LogP contribution in [0.1, 0.15) is 12.5 Å². The predicted molar refractivity (Wildman–Crippen MR) is 90.9 cm³/mol. The van der Waals surface area contributed by atoms with Crippen molar-refractivity contribution in [2.75, 3.05) is 5.73 Å². The largest absolute Gasteiger partial charge is 0.399 e. The molecule has 116 valence electrons. The van der Waals surface area contributed by atoms with Crippen LogP contribution in [0.4, 0.5) is 5.69 Å². The van der Waals surface area contributed by atoms with E-state index in [4.69, 9.17) is 5.73 Å². The monoisotopic (exact) mass is 307 g/mol. The maximum Gasteiger partial charge on any atom is 0.260 e. The molecule has 3 rings (SSSR count). The van der Waals surface area contributed by atoms with Crippen LogP contribution in [0.15, 0.2) is 60.0 Å². The Bertz CT molecular complexity index is 864. The Morgan fingerprint density at radius 3 is 2.74 bits per heavy atom. The summed E-state index contributed by atoms with van der Waals surface area (Å²) in [5.41, 5.74) is 12.3. The Hall–Kier alpha value is -3.15. The zero-order valence-electron chi connectivity index (χ0n) is 12.7. The number of rotatable bonds is 4. The van der Waals surface area contributed by atoms with Gasteiger partial charge in [0.25, 0.3) is 5.91 Å². The van der Waals surface area contributed by atoms with E-state index in [1.807, 2.05) is 43.3 Å². The fraction of sp³-hybridized carbons (Fsp3) is 0.118. The van der Waals surface area contributed by atoms with E-state index in [1.165, 1.54) is 0 Å². The fourth-order valence-electron chi connectivity index (χ4n) is 2.26. The van der Waals surface area contributed by atoms with Crippen LogP contribution in [-0.4, -0.2) is 21.2 Å². The minimum absolute atomic E-state index is 0.166. The van der Waals surface area contributed by atoms with Gasteiger partial charge in [-0.15, -0.1) is 0 Å². The molecule has 2 aromatic carbocycles. The highest BCUT2D eigenvalue weighted by molar-refractivity contribution is 5.99. The number of carbonyl (C=O) groups is 1. The summed E-state index contributed by atoms with van der Waals surface area (Å²) < 4.78 is 1.79. The van der Waals surface area contributed by atoms with E-state index < -0.39 is 0 Å². The summed E-state index contributed by atoms with van der Waals surface area (Å²) in [5.74, 6) is -0.206. The lowest BCUT2D eigenvalue weighted by Gasteiger charge is -2.05. The summed E-state index contributed by atoms with van der Waals surface area (Å²) >= 11 is 0. The first-order valence-corrected chi connectivity index (χ1v) is 7.22.